The van der Waals surface area contributed by atoms with Gasteiger partial charge in [-0.2, -0.15) is 0 Å². The molecule has 0 bridgehead atoms. The van der Waals surface area contributed by atoms with E-state index in [1.165, 1.54) is 0 Å². The number of halogens is 4. The molecule has 3 nitrogen and oxygen atoms in total. The van der Waals surface area contributed by atoms with E-state index in [1.54, 1.807) is 0 Å². The fourth-order valence-electron chi connectivity index (χ4n) is 0. The predicted molar refractivity (Wildman–Crippen MR) is 29.6 cm³/mol. The summed E-state index contributed by atoms with van der Waals surface area (Å²) in [5.74, 6) is 0. The van der Waals surface area contributed by atoms with Crippen molar-refractivity contribution >= 4 is 58.7 Å². The first-order valence-electron chi connectivity index (χ1n) is 0.775. The van der Waals surface area contributed by atoms with Crippen LogP contribution in [-0.2, 0) is 0 Å². The summed E-state index contributed by atoms with van der Waals surface area (Å²) in [7, 11) is -2.17. The molecule has 58 valence electrons. The molecule has 0 saturated heterocycles. The Bertz CT molecular complexity index is 20.5. The van der Waals surface area contributed by atoms with Crippen molar-refractivity contribution in [3.05, 3.63) is 0 Å². The zero-order valence-electron chi connectivity index (χ0n) is 3.55. The van der Waals surface area contributed by atoms with Gasteiger partial charge in [0.15, 0.2) is 0 Å². The van der Waals surface area contributed by atoms with Gasteiger partial charge < -0.3 is 15.1 Å². The predicted octanol–water partition coefficient (Wildman–Crippen LogP) is -2.09. The summed E-state index contributed by atoms with van der Waals surface area (Å²) in [6, 6.07) is 0. The van der Waals surface area contributed by atoms with Gasteiger partial charge in [-0.25, -0.2) is 0 Å². The molecule has 0 aliphatic rings. The van der Waals surface area contributed by atoms with Crippen LogP contribution in [0.2, 0.25) is 0 Å². The average molecular weight is 182 g/mol. The van der Waals surface area contributed by atoms with Crippen LogP contribution in [0.5, 0.6) is 0 Å². The molecule has 0 aromatic rings. The molecule has 0 fully saturated rings. The van der Waals surface area contributed by atoms with Crippen LogP contribution in [-0.4, -0.2) is 73.8 Å². The van der Waals surface area contributed by atoms with E-state index in [9.17, 15) is 0 Å². The second-order valence-corrected chi connectivity index (χ2v) is 0.346. The molecule has 0 atom stereocenters. The molecule has 0 spiro atoms. The third kappa shape index (κ3) is 293. The molecule has 0 aliphatic carbocycles. The number of rotatable bonds is 0. The summed E-state index contributed by atoms with van der Waals surface area (Å²) >= 11 is 0. The normalized spacial score (nSPS) is 3.00. The fraction of sp³-hybridized carbons (Fsp3) is 0. The SMILES string of the molecule is F.F.F.F.OB(O)O.[KH]. The quantitative estimate of drug-likeness (QED) is 0.297. The molecule has 3 N–H and O–H groups in total. The van der Waals surface area contributed by atoms with E-state index in [0.29, 0.717) is 0 Å². The topological polar surface area (TPSA) is 60.7 Å². The molecular weight excluding hydrogens is 174 g/mol. The molecule has 0 heterocycles. The monoisotopic (exact) mass is 182 g/mol. The van der Waals surface area contributed by atoms with Gasteiger partial charge in [-0.15, -0.1) is 0 Å². The van der Waals surface area contributed by atoms with Crippen molar-refractivity contribution < 1.29 is 33.9 Å². The zero-order chi connectivity index (χ0) is 3.58. The summed E-state index contributed by atoms with van der Waals surface area (Å²) in [5.41, 5.74) is 0. The summed E-state index contributed by atoms with van der Waals surface area (Å²) in [6.07, 6.45) is 0. The molecule has 0 amide bonds. The molecule has 9 heteroatoms. The van der Waals surface area contributed by atoms with Crippen LogP contribution in [0.3, 0.4) is 0 Å². The van der Waals surface area contributed by atoms with Gasteiger partial charge in [-0.05, 0) is 0 Å². The van der Waals surface area contributed by atoms with Crippen molar-refractivity contribution in [2.45, 2.75) is 0 Å². The summed E-state index contributed by atoms with van der Waals surface area (Å²) in [6.45, 7) is 0. The van der Waals surface area contributed by atoms with Crippen LogP contribution in [0.25, 0.3) is 0 Å². The van der Waals surface area contributed by atoms with Crippen LogP contribution in [0, 0.1) is 0 Å². The Labute approximate surface area is 91.5 Å². The first-order valence-corrected chi connectivity index (χ1v) is 0.775. The van der Waals surface area contributed by atoms with E-state index >= 15 is 0 Å². The van der Waals surface area contributed by atoms with Gasteiger partial charge in [0, 0.05) is 0 Å². The van der Waals surface area contributed by atoms with E-state index in [4.69, 9.17) is 15.1 Å². The maximum atomic E-state index is 7.17. The van der Waals surface area contributed by atoms with Gasteiger partial charge in [0.25, 0.3) is 0 Å². The Kier molecular flexibility index (Phi) is 185. The first kappa shape index (κ1) is 48.2. The minimum atomic E-state index is -2.17. The molecule has 0 unspecified atom stereocenters. The Morgan fingerprint density at radius 3 is 0.667 bits per heavy atom. The van der Waals surface area contributed by atoms with Crippen molar-refractivity contribution in [2.75, 3.05) is 0 Å². The molecule has 0 aromatic heterocycles. The first-order chi connectivity index (χ1) is 1.73. The van der Waals surface area contributed by atoms with Gasteiger partial charge in [-0.1, -0.05) is 0 Å². The summed E-state index contributed by atoms with van der Waals surface area (Å²) < 4.78 is 0. The van der Waals surface area contributed by atoms with Crippen molar-refractivity contribution in [1.29, 1.82) is 0 Å². The molecule has 0 saturated carbocycles. The Morgan fingerprint density at radius 2 is 0.667 bits per heavy atom. The Morgan fingerprint density at radius 1 is 0.667 bits per heavy atom. The maximum absolute atomic E-state index is 7.17. The molecule has 0 aliphatic heterocycles. The van der Waals surface area contributed by atoms with Crippen LogP contribution in [0.4, 0.5) is 18.8 Å². The van der Waals surface area contributed by atoms with E-state index < -0.39 is 7.32 Å². The molecule has 0 radical (unpaired) electrons. The Hall–Kier alpha value is 1.30. The van der Waals surface area contributed by atoms with Gasteiger partial charge in [0.1, 0.15) is 0 Å². The van der Waals surface area contributed by atoms with Gasteiger partial charge in [0.2, 0.25) is 0 Å². The molecule has 9 heavy (non-hydrogen) atoms. The van der Waals surface area contributed by atoms with Crippen LogP contribution < -0.4 is 0 Å². The van der Waals surface area contributed by atoms with E-state index in [2.05, 4.69) is 0 Å². The zero-order valence-corrected chi connectivity index (χ0v) is 3.55. The third-order valence-corrected chi connectivity index (χ3v) is 0. The van der Waals surface area contributed by atoms with Crippen molar-refractivity contribution in [1.82, 2.24) is 0 Å². The fourth-order valence-corrected chi connectivity index (χ4v) is 0. The number of hydrogen-bond acceptors (Lipinski definition) is 3. The van der Waals surface area contributed by atoms with E-state index in [-0.39, 0.29) is 70.2 Å². The minimum absolute atomic E-state index is 0. The number of hydrogen-bond donors (Lipinski definition) is 3. The van der Waals surface area contributed by atoms with Gasteiger partial charge >= 0.3 is 58.7 Å². The van der Waals surface area contributed by atoms with E-state index in [1.807, 2.05) is 0 Å². The van der Waals surface area contributed by atoms with Crippen LogP contribution in [0.1, 0.15) is 0 Å². The van der Waals surface area contributed by atoms with Crippen LogP contribution in [0.15, 0.2) is 0 Å². The second kappa shape index (κ2) is 34.6. The molecule has 0 aromatic carbocycles. The van der Waals surface area contributed by atoms with Crippen molar-refractivity contribution in [2.24, 2.45) is 0 Å². The second-order valence-electron chi connectivity index (χ2n) is 0.346. The van der Waals surface area contributed by atoms with Crippen molar-refractivity contribution in [3.8, 4) is 0 Å². The average Bonchev–Trinajstić information content (AvgIpc) is 0.811. The third-order valence-electron chi connectivity index (χ3n) is 0. The Balaban J connectivity index is -0.00000000450. The summed E-state index contributed by atoms with van der Waals surface area (Å²) in [4.78, 5) is 0. The van der Waals surface area contributed by atoms with Gasteiger partial charge in [-0.3, -0.25) is 18.8 Å². The van der Waals surface area contributed by atoms with E-state index in [0.717, 1.165) is 0 Å². The van der Waals surface area contributed by atoms with Crippen molar-refractivity contribution in [3.63, 3.8) is 0 Å². The van der Waals surface area contributed by atoms with Gasteiger partial charge in [0.05, 0.1) is 0 Å². The van der Waals surface area contributed by atoms with Crippen LogP contribution >= 0.6 is 0 Å². The molecule has 0 rings (SSSR count). The molecular formula is H8BF4KO3. The standard InChI is InChI=1S/BH3O3.4FH.K.H/c2-1(3)4;;;;;;/h2-4H;4*1H;;. The summed E-state index contributed by atoms with van der Waals surface area (Å²) in [5, 5.41) is 21.5.